The minimum absolute atomic E-state index is 0.374. The van der Waals surface area contributed by atoms with Crippen molar-refractivity contribution in [1.29, 1.82) is 0 Å². The summed E-state index contributed by atoms with van der Waals surface area (Å²) in [7, 11) is 0. The third-order valence-corrected chi connectivity index (χ3v) is 4.43. The van der Waals surface area contributed by atoms with Crippen molar-refractivity contribution < 1.29 is 0 Å². The van der Waals surface area contributed by atoms with Gasteiger partial charge in [-0.2, -0.15) is 0 Å². The summed E-state index contributed by atoms with van der Waals surface area (Å²) in [4.78, 5) is 4.25. The Bertz CT molecular complexity index is 271. The van der Waals surface area contributed by atoms with Crippen LogP contribution in [-0.4, -0.2) is 30.9 Å². The zero-order chi connectivity index (χ0) is 6.81. The molecule has 47 valence electrons. The molecule has 1 aromatic rings. The molecule has 1 nitrogen and oxygen atoms in total. The summed E-state index contributed by atoms with van der Waals surface area (Å²) in [5.74, 6) is 0. The normalized spacial score (nSPS) is 13.2. The molecular formula is C8H6NSn. The predicted molar refractivity (Wildman–Crippen MR) is 46.0 cm³/mol. The SMILES string of the molecule is C1=Nc2cccc[c]2[Sn]=[CH]1. The van der Waals surface area contributed by atoms with Crippen LogP contribution in [0.1, 0.15) is 0 Å². The fourth-order valence-corrected chi connectivity index (χ4v) is 3.28. The van der Waals surface area contributed by atoms with E-state index in [1.54, 1.807) is 0 Å². The van der Waals surface area contributed by atoms with E-state index in [9.17, 15) is 0 Å². The molecule has 0 aromatic heterocycles. The first-order chi connectivity index (χ1) is 4.97. The van der Waals surface area contributed by atoms with Crippen LogP contribution in [0.25, 0.3) is 0 Å². The molecule has 0 aliphatic carbocycles. The maximum absolute atomic E-state index is 4.25. The first kappa shape index (κ1) is 6.28. The van der Waals surface area contributed by atoms with E-state index in [1.165, 1.54) is 9.27 Å². The van der Waals surface area contributed by atoms with Crippen molar-refractivity contribution in [1.82, 2.24) is 0 Å². The van der Waals surface area contributed by atoms with Crippen molar-refractivity contribution in [3.8, 4) is 0 Å². The number of aliphatic imine (C=N–C) groups is 1. The molecule has 2 rings (SSSR count). The van der Waals surface area contributed by atoms with Crippen molar-refractivity contribution >= 4 is 40.2 Å². The Morgan fingerprint density at radius 1 is 1.20 bits per heavy atom. The van der Waals surface area contributed by atoms with Crippen molar-refractivity contribution in [3.05, 3.63) is 24.3 Å². The molecule has 0 saturated heterocycles. The van der Waals surface area contributed by atoms with Gasteiger partial charge in [-0.15, -0.1) is 0 Å². The van der Waals surface area contributed by atoms with Gasteiger partial charge in [0.25, 0.3) is 0 Å². The summed E-state index contributed by atoms with van der Waals surface area (Å²) in [5.41, 5.74) is 1.19. The molecule has 0 amide bonds. The van der Waals surface area contributed by atoms with Crippen LogP contribution in [0.4, 0.5) is 5.69 Å². The van der Waals surface area contributed by atoms with Crippen LogP contribution >= 0.6 is 0 Å². The van der Waals surface area contributed by atoms with Crippen LogP contribution in [0.2, 0.25) is 0 Å². The van der Waals surface area contributed by atoms with Gasteiger partial charge in [0, 0.05) is 0 Å². The first-order valence-corrected chi connectivity index (χ1v) is 6.26. The summed E-state index contributed by atoms with van der Waals surface area (Å²) in [5, 5.41) is 0. The fourth-order valence-electron chi connectivity index (χ4n) is 0.953. The van der Waals surface area contributed by atoms with Gasteiger partial charge in [0.05, 0.1) is 0 Å². The Kier molecular flexibility index (Phi) is 1.67. The molecule has 1 heterocycles. The van der Waals surface area contributed by atoms with Crippen molar-refractivity contribution in [2.24, 2.45) is 4.99 Å². The van der Waals surface area contributed by atoms with E-state index in [4.69, 9.17) is 0 Å². The molecular weight excluding hydrogens is 229 g/mol. The van der Waals surface area contributed by atoms with Gasteiger partial charge in [-0.25, -0.2) is 0 Å². The Balaban J connectivity index is 2.65. The molecule has 0 N–H and O–H groups in total. The summed E-state index contributed by atoms with van der Waals surface area (Å²) in [6.45, 7) is 0. The number of rotatable bonds is 0. The molecule has 1 aliphatic heterocycles. The van der Waals surface area contributed by atoms with Crippen LogP contribution < -0.4 is 3.58 Å². The van der Waals surface area contributed by atoms with E-state index in [2.05, 4.69) is 27.2 Å². The number of fused-ring (bicyclic) bond motifs is 1. The van der Waals surface area contributed by atoms with Gasteiger partial charge < -0.3 is 0 Å². The molecule has 1 aromatic carbocycles. The van der Waals surface area contributed by atoms with Crippen LogP contribution in [0.15, 0.2) is 29.3 Å². The summed E-state index contributed by atoms with van der Waals surface area (Å²) < 4.78 is 3.74. The quantitative estimate of drug-likeness (QED) is 0.581. The average molecular weight is 235 g/mol. The zero-order valence-electron chi connectivity index (χ0n) is 5.41. The number of nitrogens with zero attached hydrogens (tertiary/aromatic N) is 1. The molecule has 2 heteroatoms. The molecule has 0 atom stereocenters. The van der Waals surface area contributed by atoms with E-state index in [1.807, 2.05) is 12.3 Å². The van der Waals surface area contributed by atoms with Crippen molar-refractivity contribution in [2.75, 3.05) is 0 Å². The molecule has 0 bridgehead atoms. The van der Waals surface area contributed by atoms with E-state index in [-0.39, 0.29) is 20.7 Å². The Morgan fingerprint density at radius 2 is 2.10 bits per heavy atom. The van der Waals surface area contributed by atoms with Gasteiger partial charge in [-0.05, 0) is 0 Å². The standard InChI is InChI=1S/C8H6N.Sn/c1-2-9-8-6-4-3-5-7-8;/h1-6H;. The van der Waals surface area contributed by atoms with Crippen LogP contribution in [0.3, 0.4) is 0 Å². The first-order valence-electron chi connectivity index (χ1n) is 3.18. The number of benzene rings is 1. The second-order valence-electron chi connectivity index (χ2n) is 2.11. The number of para-hydroxylation sites is 1. The molecule has 0 unspecified atom stereocenters. The Hall–Kier alpha value is -0.441. The fraction of sp³-hybridized carbons (Fsp3) is 0. The topological polar surface area (TPSA) is 12.4 Å². The van der Waals surface area contributed by atoms with Gasteiger partial charge in [0.1, 0.15) is 0 Å². The van der Waals surface area contributed by atoms with Crippen molar-refractivity contribution in [3.63, 3.8) is 0 Å². The van der Waals surface area contributed by atoms with E-state index < -0.39 is 0 Å². The monoisotopic (exact) mass is 236 g/mol. The summed E-state index contributed by atoms with van der Waals surface area (Å²) in [6.07, 6.45) is 1.94. The van der Waals surface area contributed by atoms with E-state index >= 15 is 0 Å². The predicted octanol–water partition coefficient (Wildman–Crippen LogP) is 0.534. The molecule has 0 fully saturated rings. The van der Waals surface area contributed by atoms with Gasteiger partial charge >= 0.3 is 69.4 Å². The van der Waals surface area contributed by atoms with Crippen molar-refractivity contribution in [2.45, 2.75) is 0 Å². The van der Waals surface area contributed by atoms with Gasteiger partial charge in [0.15, 0.2) is 0 Å². The third kappa shape index (κ3) is 1.05. The Labute approximate surface area is 69.5 Å². The van der Waals surface area contributed by atoms with Gasteiger partial charge in [-0.1, -0.05) is 0 Å². The van der Waals surface area contributed by atoms with Crippen LogP contribution in [0.5, 0.6) is 0 Å². The van der Waals surface area contributed by atoms with E-state index in [0.717, 1.165) is 0 Å². The second-order valence-corrected chi connectivity index (χ2v) is 5.42. The van der Waals surface area contributed by atoms with Crippen LogP contribution in [-0.2, 0) is 0 Å². The summed E-state index contributed by atoms with van der Waals surface area (Å²) >= 11 is -0.374. The third-order valence-electron chi connectivity index (χ3n) is 1.43. The zero-order valence-corrected chi connectivity index (χ0v) is 8.27. The molecule has 10 heavy (non-hydrogen) atoms. The molecule has 1 radical (unpaired) electrons. The summed E-state index contributed by atoms with van der Waals surface area (Å²) in [6, 6.07) is 8.41. The molecule has 1 aliphatic rings. The molecule has 0 spiro atoms. The van der Waals surface area contributed by atoms with E-state index in [0.29, 0.717) is 0 Å². The maximum atomic E-state index is 4.25. The Morgan fingerprint density at radius 3 is 3.00 bits per heavy atom. The molecule has 0 saturated carbocycles. The second kappa shape index (κ2) is 2.66. The minimum atomic E-state index is -0.374. The number of hydrogen-bond donors (Lipinski definition) is 0. The van der Waals surface area contributed by atoms with Crippen LogP contribution in [0, 0.1) is 0 Å². The van der Waals surface area contributed by atoms with Gasteiger partial charge in [0.2, 0.25) is 0 Å². The van der Waals surface area contributed by atoms with Gasteiger partial charge in [-0.3, -0.25) is 0 Å². The average Bonchev–Trinajstić information content (AvgIpc) is 2.05. The number of hydrogen-bond acceptors (Lipinski definition) is 1.